The van der Waals surface area contributed by atoms with Gasteiger partial charge < -0.3 is 4.74 Å². The van der Waals surface area contributed by atoms with Gasteiger partial charge in [0.25, 0.3) is 5.56 Å². The highest BCUT2D eigenvalue weighted by Crippen LogP contribution is 2.28. The molecular weight excluding hydrogens is 351 g/mol. The largest absolute Gasteiger partial charge is 0.492 e. The van der Waals surface area contributed by atoms with E-state index in [2.05, 4.69) is 4.98 Å². The Morgan fingerprint density at radius 2 is 1.77 bits per heavy atom. The van der Waals surface area contributed by atoms with Gasteiger partial charge in [-0.1, -0.05) is 18.2 Å². The van der Waals surface area contributed by atoms with Crippen molar-refractivity contribution in [2.75, 3.05) is 6.61 Å². The molecule has 0 aliphatic carbocycles. The van der Waals surface area contributed by atoms with Crippen molar-refractivity contribution in [3.8, 4) is 5.75 Å². The molecule has 0 fully saturated rings. The van der Waals surface area contributed by atoms with Crippen molar-refractivity contribution < 1.29 is 17.9 Å². The molecule has 0 radical (unpaired) electrons. The first-order chi connectivity index (χ1) is 12.3. The third kappa shape index (κ3) is 3.32. The number of nitrogens with zero attached hydrogens (tertiary/aromatic N) is 3. The van der Waals surface area contributed by atoms with Crippen LogP contribution in [0.1, 0.15) is 5.69 Å². The van der Waals surface area contributed by atoms with Crippen molar-refractivity contribution in [3.05, 3.63) is 69.0 Å². The van der Waals surface area contributed by atoms with E-state index in [1.54, 1.807) is 24.3 Å². The molecule has 2 heterocycles. The number of hydrogen-bond acceptors (Lipinski definition) is 4. The summed E-state index contributed by atoms with van der Waals surface area (Å²) in [6.07, 6.45) is -4.66. The molecule has 6 nitrogen and oxygen atoms in total. The van der Waals surface area contributed by atoms with E-state index in [1.165, 1.54) is 7.05 Å². The summed E-state index contributed by atoms with van der Waals surface area (Å²) < 4.78 is 45.7. The standard InChI is InChI=1S/C17H14F3N3O3/c1-22-14-12(7-8-13(21-14)17(18,19)20)15(24)23(16(22)25)9-10-26-11-5-3-2-4-6-11/h2-8H,9-10H2,1H3. The summed E-state index contributed by atoms with van der Waals surface area (Å²) >= 11 is 0. The summed E-state index contributed by atoms with van der Waals surface area (Å²) in [7, 11) is 1.27. The van der Waals surface area contributed by atoms with Crippen molar-refractivity contribution in [2.24, 2.45) is 7.05 Å². The van der Waals surface area contributed by atoms with Crippen LogP contribution in [0.25, 0.3) is 11.0 Å². The van der Waals surface area contributed by atoms with Crippen LogP contribution in [0.4, 0.5) is 13.2 Å². The second-order valence-electron chi connectivity index (χ2n) is 5.53. The minimum Gasteiger partial charge on any atom is -0.492 e. The third-order valence-electron chi connectivity index (χ3n) is 3.80. The molecule has 0 spiro atoms. The van der Waals surface area contributed by atoms with Gasteiger partial charge in [0, 0.05) is 7.05 Å². The maximum atomic E-state index is 12.8. The highest BCUT2D eigenvalue weighted by atomic mass is 19.4. The molecule has 0 amide bonds. The summed E-state index contributed by atoms with van der Waals surface area (Å²) in [6.45, 7) is 0.0100. The van der Waals surface area contributed by atoms with Gasteiger partial charge in [-0.05, 0) is 24.3 Å². The lowest BCUT2D eigenvalue weighted by atomic mass is 10.2. The average Bonchev–Trinajstić information content (AvgIpc) is 2.62. The fourth-order valence-corrected chi connectivity index (χ4v) is 2.50. The number of alkyl halides is 3. The first-order valence-corrected chi connectivity index (χ1v) is 7.64. The quantitative estimate of drug-likeness (QED) is 0.711. The Balaban J connectivity index is 1.97. The second kappa shape index (κ2) is 6.66. The van der Waals surface area contributed by atoms with Crippen LogP contribution in [0, 0.1) is 0 Å². The van der Waals surface area contributed by atoms with Crippen molar-refractivity contribution in [1.29, 1.82) is 0 Å². The van der Waals surface area contributed by atoms with Crippen LogP contribution < -0.4 is 16.0 Å². The molecule has 26 heavy (non-hydrogen) atoms. The van der Waals surface area contributed by atoms with Gasteiger partial charge in [0.1, 0.15) is 23.7 Å². The zero-order valence-electron chi connectivity index (χ0n) is 13.7. The summed E-state index contributed by atoms with van der Waals surface area (Å²) in [6, 6.07) is 10.6. The molecular formula is C17H14F3N3O3. The zero-order chi connectivity index (χ0) is 18.9. The molecule has 1 aromatic carbocycles. The number of benzene rings is 1. The van der Waals surface area contributed by atoms with Gasteiger partial charge in [0.15, 0.2) is 0 Å². The molecule has 0 aliphatic heterocycles. The van der Waals surface area contributed by atoms with E-state index in [1.807, 2.05) is 6.07 Å². The van der Waals surface area contributed by atoms with Gasteiger partial charge in [-0.25, -0.2) is 9.78 Å². The molecule has 9 heteroatoms. The Bertz CT molecular complexity index is 1060. The fourth-order valence-electron chi connectivity index (χ4n) is 2.50. The van der Waals surface area contributed by atoms with Gasteiger partial charge >= 0.3 is 11.9 Å². The molecule has 0 atom stereocenters. The molecule has 2 aromatic heterocycles. The summed E-state index contributed by atoms with van der Waals surface area (Å²) in [5.41, 5.74) is -2.94. The summed E-state index contributed by atoms with van der Waals surface area (Å²) in [4.78, 5) is 28.3. The molecule has 0 unspecified atom stereocenters. The van der Waals surface area contributed by atoms with Gasteiger partial charge in [-0.3, -0.25) is 13.9 Å². The zero-order valence-corrected chi connectivity index (χ0v) is 13.7. The van der Waals surface area contributed by atoms with E-state index < -0.39 is 23.1 Å². The topological polar surface area (TPSA) is 66.1 Å². The first kappa shape index (κ1) is 17.7. The smallest absolute Gasteiger partial charge is 0.433 e. The van der Waals surface area contributed by atoms with Crippen molar-refractivity contribution in [3.63, 3.8) is 0 Å². The summed E-state index contributed by atoms with van der Waals surface area (Å²) in [5, 5.41) is -0.0696. The van der Waals surface area contributed by atoms with Crippen LogP contribution in [0.3, 0.4) is 0 Å². The monoisotopic (exact) mass is 365 g/mol. The van der Waals surface area contributed by atoms with E-state index in [4.69, 9.17) is 4.74 Å². The van der Waals surface area contributed by atoms with Crippen LogP contribution in [0.5, 0.6) is 5.75 Å². The number of aromatic nitrogens is 3. The summed E-state index contributed by atoms with van der Waals surface area (Å²) in [5.74, 6) is 0.578. The minimum absolute atomic E-state index is 0.0443. The van der Waals surface area contributed by atoms with Gasteiger partial charge in [-0.15, -0.1) is 0 Å². The minimum atomic E-state index is -4.66. The number of para-hydroxylation sites is 1. The number of aryl methyl sites for hydroxylation is 1. The highest BCUT2D eigenvalue weighted by molar-refractivity contribution is 5.74. The molecule has 0 bridgehead atoms. The van der Waals surface area contributed by atoms with Gasteiger partial charge in [-0.2, -0.15) is 13.2 Å². The lowest BCUT2D eigenvalue weighted by Gasteiger charge is -2.12. The molecule has 3 rings (SSSR count). The van der Waals surface area contributed by atoms with Gasteiger partial charge in [0.2, 0.25) is 0 Å². The number of hydrogen-bond donors (Lipinski definition) is 0. The first-order valence-electron chi connectivity index (χ1n) is 7.64. The van der Waals surface area contributed by atoms with E-state index in [0.29, 0.717) is 5.75 Å². The highest BCUT2D eigenvalue weighted by Gasteiger charge is 2.33. The Kier molecular flexibility index (Phi) is 4.54. The third-order valence-corrected chi connectivity index (χ3v) is 3.80. The maximum Gasteiger partial charge on any atom is 0.433 e. The number of fused-ring (bicyclic) bond motifs is 1. The number of halogens is 3. The Labute approximate surface area is 145 Å². The van der Waals surface area contributed by atoms with Crippen LogP contribution >= 0.6 is 0 Å². The van der Waals surface area contributed by atoms with Crippen LogP contribution in [-0.4, -0.2) is 20.7 Å². The predicted octanol–water partition coefficient (Wildman–Crippen LogP) is 2.19. The Morgan fingerprint density at radius 1 is 1.08 bits per heavy atom. The van der Waals surface area contributed by atoms with Gasteiger partial charge in [0.05, 0.1) is 11.9 Å². The van der Waals surface area contributed by atoms with Crippen molar-refractivity contribution in [1.82, 2.24) is 14.1 Å². The predicted molar refractivity (Wildman–Crippen MR) is 88.2 cm³/mol. The number of pyridine rings is 1. The maximum absolute atomic E-state index is 12.8. The van der Waals surface area contributed by atoms with Crippen LogP contribution in [-0.2, 0) is 19.8 Å². The van der Waals surface area contributed by atoms with E-state index >= 15 is 0 Å². The van der Waals surface area contributed by atoms with Crippen molar-refractivity contribution >= 4 is 11.0 Å². The molecule has 0 aliphatic rings. The molecule has 0 N–H and O–H groups in total. The molecule has 0 saturated carbocycles. The van der Waals surface area contributed by atoms with Crippen LogP contribution in [0.2, 0.25) is 0 Å². The average molecular weight is 365 g/mol. The number of rotatable bonds is 4. The van der Waals surface area contributed by atoms with Crippen molar-refractivity contribution in [2.45, 2.75) is 12.7 Å². The Morgan fingerprint density at radius 3 is 2.42 bits per heavy atom. The van der Waals surface area contributed by atoms with E-state index in [0.717, 1.165) is 21.3 Å². The SMILES string of the molecule is Cn1c(=O)n(CCOc2ccccc2)c(=O)c2ccc(C(F)(F)F)nc21. The fraction of sp³-hybridized carbons (Fsp3) is 0.235. The molecule has 136 valence electrons. The molecule has 3 aromatic rings. The lowest BCUT2D eigenvalue weighted by Crippen LogP contribution is -2.40. The van der Waals surface area contributed by atoms with Crippen LogP contribution in [0.15, 0.2) is 52.1 Å². The van der Waals surface area contributed by atoms with E-state index in [9.17, 15) is 22.8 Å². The lowest BCUT2D eigenvalue weighted by molar-refractivity contribution is -0.141. The molecule has 0 saturated heterocycles. The second-order valence-corrected chi connectivity index (χ2v) is 5.53. The van der Waals surface area contributed by atoms with E-state index in [-0.39, 0.29) is 24.2 Å². The number of ether oxygens (including phenoxy) is 1. The Hall–Kier alpha value is -3.10. The normalized spacial score (nSPS) is 11.7.